The van der Waals surface area contributed by atoms with E-state index < -0.39 is 6.10 Å². The lowest BCUT2D eigenvalue weighted by Gasteiger charge is -2.37. The Hall–Kier alpha value is -3.10. The number of aliphatic hydroxyl groups excluding tert-OH is 1. The second kappa shape index (κ2) is 12.0. The van der Waals surface area contributed by atoms with Gasteiger partial charge in [-0.15, -0.1) is 0 Å². The predicted molar refractivity (Wildman–Crippen MR) is 145 cm³/mol. The van der Waals surface area contributed by atoms with Crippen LogP contribution in [0.25, 0.3) is 0 Å². The third kappa shape index (κ3) is 6.43. The van der Waals surface area contributed by atoms with Crippen molar-refractivity contribution in [2.45, 2.75) is 51.0 Å². The van der Waals surface area contributed by atoms with Crippen LogP contribution in [0.4, 0.5) is 17.1 Å². The monoisotopic (exact) mass is 506 g/mol. The first-order valence-corrected chi connectivity index (χ1v) is 13.7. The number of ether oxygens (including phenoxy) is 1. The minimum atomic E-state index is -0.667. The second-order valence-electron chi connectivity index (χ2n) is 10.4. The summed E-state index contributed by atoms with van der Waals surface area (Å²) in [6.45, 7) is 4.23. The molecule has 3 N–H and O–H groups in total. The van der Waals surface area contributed by atoms with Crippen molar-refractivity contribution in [3.63, 3.8) is 0 Å². The van der Waals surface area contributed by atoms with Gasteiger partial charge >= 0.3 is 0 Å². The summed E-state index contributed by atoms with van der Waals surface area (Å²) >= 11 is 0. The maximum atomic E-state index is 13.0. The highest BCUT2D eigenvalue weighted by Crippen LogP contribution is 2.38. The van der Waals surface area contributed by atoms with Crippen LogP contribution in [-0.4, -0.2) is 67.3 Å². The number of nitrogens with zero attached hydrogens (tertiary/aromatic N) is 2. The molecule has 2 amide bonds. The van der Waals surface area contributed by atoms with E-state index in [2.05, 4.69) is 44.7 Å². The molecule has 1 saturated carbocycles. The van der Waals surface area contributed by atoms with Crippen molar-refractivity contribution in [3.8, 4) is 5.75 Å². The van der Waals surface area contributed by atoms with Gasteiger partial charge in [-0.2, -0.15) is 0 Å². The molecular weight excluding hydrogens is 468 g/mol. The van der Waals surface area contributed by atoms with Crippen LogP contribution < -0.4 is 20.3 Å². The van der Waals surface area contributed by atoms with E-state index in [0.717, 1.165) is 57.4 Å². The summed E-state index contributed by atoms with van der Waals surface area (Å²) in [5, 5.41) is 16.8. The van der Waals surface area contributed by atoms with Crippen molar-refractivity contribution in [1.82, 2.24) is 4.90 Å². The molecular formula is C29H38N4O4. The smallest absolute Gasteiger partial charge is 0.227 e. The van der Waals surface area contributed by atoms with Gasteiger partial charge in [0.05, 0.1) is 5.69 Å². The van der Waals surface area contributed by atoms with E-state index in [0.29, 0.717) is 36.5 Å². The molecule has 3 aliphatic rings. The topological polar surface area (TPSA) is 94.1 Å². The maximum absolute atomic E-state index is 13.0. The molecule has 1 unspecified atom stereocenters. The van der Waals surface area contributed by atoms with Crippen molar-refractivity contribution in [1.29, 1.82) is 0 Å². The van der Waals surface area contributed by atoms with E-state index in [4.69, 9.17) is 4.74 Å². The van der Waals surface area contributed by atoms with Gasteiger partial charge in [0.2, 0.25) is 11.8 Å². The Bertz CT molecular complexity index is 1080. The van der Waals surface area contributed by atoms with Gasteiger partial charge in [-0.1, -0.05) is 37.5 Å². The molecule has 0 aromatic heterocycles. The van der Waals surface area contributed by atoms with Gasteiger partial charge < -0.3 is 25.4 Å². The molecule has 8 heteroatoms. The number of piperazine rings is 1. The van der Waals surface area contributed by atoms with Crippen LogP contribution in [0, 0.1) is 5.92 Å². The number of hydrogen-bond acceptors (Lipinski definition) is 6. The lowest BCUT2D eigenvalue weighted by Crippen LogP contribution is -2.49. The number of carbonyl (C=O) groups is 2. The Morgan fingerprint density at radius 3 is 2.54 bits per heavy atom. The molecule has 8 nitrogen and oxygen atoms in total. The molecule has 2 aromatic carbocycles. The standard InChI is InChI=1S/C29H38N4O4/c34-23(19-32-15-17-33(18-16-32)22-9-5-2-6-10-22)20-37-28-24-11-14-27(35)30-25(24)12-13-26(28)31-29(36)21-7-3-1-4-8-21/h2,5-6,9-10,12-13,21,23,34H,1,3-4,7-8,11,14-20H2,(H,30,35)(H,31,36). The van der Waals surface area contributed by atoms with Crippen molar-refractivity contribution in [2.24, 2.45) is 5.92 Å². The molecule has 2 fully saturated rings. The average molecular weight is 507 g/mol. The zero-order valence-electron chi connectivity index (χ0n) is 21.5. The number of rotatable bonds is 8. The first-order chi connectivity index (χ1) is 18.1. The molecule has 2 aromatic rings. The van der Waals surface area contributed by atoms with E-state index in [1.165, 1.54) is 12.1 Å². The van der Waals surface area contributed by atoms with Gasteiger partial charge in [0, 0.05) is 62.0 Å². The van der Waals surface area contributed by atoms with Gasteiger partial charge in [0.25, 0.3) is 0 Å². The number of hydrogen-bond donors (Lipinski definition) is 3. The summed E-state index contributed by atoms with van der Waals surface area (Å²) in [7, 11) is 0. The van der Waals surface area contributed by atoms with E-state index >= 15 is 0 Å². The number of carbonyl (C=O) groups excluding carboxylic acids is 2. The molecule has 0 bridgehead atoms. The molecule has 1 aliphatic carbocycles. The van der Waals surface area contributed by atoms with Gasteiger partial charge in [-0.05, 0) is 43.5 Å². The van der Waals surface area contributed by atoms with Crippen molar-refractivity contribution in [3.05, 3.63) is 48.0 Å². The summed E-state index contributed by atoms with van der Waals surface area (Å²) in [4.78, 5) is 29.5. The minimum Gasteiger partial charge on any atom is -0.488 e. The van der Waals surface area contributed by atoms with Crippen LogP contribution in [0.2, 0.25) is 0 Å². The molecule has 1 saturated heterocycles. The van der Waals surface area contributed by atoms with E-state index in [9.17, 15) is 14.7 Å². The third-order valence-electron chi connectivity index (χ3n) is 7.75. The zero-order valence-corrected chi connectivity index (χ0v) is 21.5. The van der Waals surface area contributed by atoms with Gasteiger partial charge in [-0.25, -0.2) is 0 Å². The number of amides is 2. The minimum absolute atomic E-state index is 0.0212. The van der Waals surface area contributed by atoms with Crippen LogP contribution in [0.3, 0.4) is 0 Å². The highest BCUT2D eigenvalue weighted by molar-refractivity contribution is 5.98. The molecule has 198 valence electrons. The van der Waals surface area contributed by atoms with E-state index in [1.807, 2.05) is 12.1 Å². The number of fused-ring (bicyclic) bond motifs is 1. The van der Waals surface area contributed by atoms with Gasteiger partial charge in [-0.3, -0.25) is 14.5 Å². The highest BCUT2D eigenvalue weighted by Gasteiger charge is 2.26. The Morgan fingerprint density at radius 2 is 1.78 bits per heavy atom. The van der Waals surface area contributed by atoms with Gasteiger partial charge in [0.15, 0.2) is 0 Å². The number of nitrogens with one attached hydrogen (secondary N) is 2. The van der Waals surface area contributed by atoms with Crippen LogP contribution in [-0.2, 0) is 16.0 Å². The number of β-amino-alcohol motifs (C(OH)–C–C–N with tert-alkyl or cyclic N) is 1. The Balaban J connectivity index is 1.20. The Morgan fingerprint density at radius 1 is 1.03 bits per heavy atom. The number of para-hydroxylation sites is 1. The number of benzene rings is 2. The van der Waals surface area contributed by atoms with Crippen LogP contribution in [0.5, 0.6) is 5.75 Å². The molecule has 0 spiro atoms. The molecule has 0 radical (unpaired) electrons. The lowest BCUT2D eigenvalue weighted by molar-refractivity contribution is -0.120. The highest BCUT2D eigenvalue weighted by atomic mass is 16.5. The van der Waals surface area contributed by atoms with Gasteiger partial charge in [0.1, 0.15) is 18.5 Å². The molecule has 1 atom stereocenters. The zero-order chi connectivity index (χ0) is 25.6. The number of anilines is 3. The van der Waals surface area contributed by atoms with Crippen LogP contribution in [0.1, 0.15) is 44.1 Å². The second-order valence-corrected chi connectivity index (χ2v) is 10.4. The van der Waals surface area contributed by atoms with E-state index in [1.54, 1.807) is 6.07 Å². The Kier molecular flexibility index (Phi) is 8.26. The maximum Gasteiger partial charge on any atom is 0.227 e. The number of aliphatic hydroxyl groups is 1. The fourth-order valence-corrected chi connectivity index (χ4v) is 5.66. The summed E-state index contributed by atoms with van der Waals surface area (Å²) in [6.07, 6.45) is 5.44. The summed E-state index contributed by atoms with van der Waals surface area (Å²) in [5.41, 5.74) is 3.45. The fourth-order valence-electron chi connectivity index (χ4n) is 5.66. The summed E-state index contributed by atoms with van der Waals surface area (Å²) < 4.78 is 6.20. The first-order valence-electron chi connectivity index (χ1n) is 13.7. The SMILES string of the molecule is O=C1CCc2c(ccc(NC(=O)C3CCCCC3)c2OCC(O)CN2CCN(c3ccccc3)CC2)N1. The summed E-state index contributed by atoms with van der Waals surface area (Å²) in [6, 6.07) is 14.0. The van der Waals surface area contributed by atoms with Crippen molar-refractivity contribution >= 4 is 28.9 Å². The molecule has 5 rings (SSSR count). The lowest BCUT2D eigenvalue weighted by atomic mass is 9.88. The molecule has 2 heterocycles. The normalized spacial score (nSPS) is 19.6. The van der Waals surface area contributed by atoms with Crippen LogP contribution in [0.15, 0.2) is 42.5 Å². The molecule has 2 aliphatic heterocycles. The Labute approximate surface area is 219 Å². The quantitative estimate of drug-likeness (QED) is 0.506. The third-order valence-corrected chi connectivity index (χ3v) is 7.75. The summed E-state index contributed by atoms with van der Waals surface area (Å²) in [5.74, 6) is 0.598. The van der Waals surface area contributed by atoms with Crippen LogP contribution >= 0.6 is 0 Å². The van der Waals surface area contributed by atoms with Crippen molar-refractivity contribution < 1.29 is 19.4 Å². The van der Waals surface area contributed by atoms with Crippen molar-refractivity contribution in [2.75, 3.05) is 54.9 Å². The molecule has 37 heavy (non-hydrogen) atoms. The first kappa shape index (κ1) is 25.5. The van der Waals surface area contributed by atoms with E-state index in [-0.39, 0.29) is 24.3 Å². The predicted octanol–water partition coefficient (Wildman–Crippen LogP) is 3.65. The average Bonchev–Trinajstić information content (AvgIpc) is 2.93. The largest absolute Gasteiger partial charge is 0.488 e. The fraction of sp³-hybridized carbons (Fsp3) is 0.517.